The fourth-order valence-electron chi connectivity index (χ4n) is 2.54. The van der Waals surface area contributed by atoms with Gasteiger partial charge in [-0.05, 0) is 24.1 Å². The van der Waals surface area contributed by atoms with Crippen molar-refractivity contribution in [3.63, 3.8) is 0 Å². The van der Waals surface area contributed by atoms with E-state index in [0.29, 0.717) is 17.5 Å². The second-order valence-corrected chi connectivity index (χ2v) is 6.61. The van der Waals surface area contributed by atoms with Crippen LogP contribution < -0.4 is 0 Å². The van der Waals surface area contributed by atoms with Crippen molar-refractivity contribution in [3.05, 3.63) is 72.4 Å². The van der Waals surface area contributed by atoms with E-state index in [9.17, 15) is 0 Å². The highest BCUT2D eigenvalue weighted by molar-refractivity contribution is 7.98. The lowest BCUT2D eigenvalue weighted by atomic mass is 10.1. The largest absolute Gasteiger partial charge is 0.338 e. The quantitative estimate of drug-likeness (QED) is 0.479. The van der Waals surface area contributed by atoms with E-state index in [1.165, 1.54) is 17.3 Å². The van der Waals surface area contributed by atoms with Gasteiger partial charge in [-0.2, -0.15) is 4.98 Å². The molecule has 0 N–H and O–H groups in total. The molecule has 0 saturated carbocycles. The van der Waals surface area contributed by atoms with Crippen LogP contribution >= 0.6 is 11.8 Å². The Hall–Kier alpha value is -2.93. The maximum absolute atomic E-state index is 5.38. The molecule has 0 spiro atoms. The first-order chi connectivity index (χ1) is 12.8. The van der Waals surface area contributed by atoms with Crippen LogP contribution in [0.3, 0.4) is 0 Å². The minimum atomic E-state index is 0.533. The minimum absolute atomic E-state index is 0.533. The van der Waals surface area contributed by atoms with Crippen molar-refractivity contribution < 1.29 is 4.52 Å². The van der Waals surface area contributed by atoms with Crippen LogP contribution in [0.2, 0.25) is 0 Å². The molecule has 0 aliphatic rings. The molecule has 0 atom stereocenters. The first kappa shape index (κ1) is 16.5. The van der Waals surface area contributed by atoms with Crippen LogP contribution in [0.25, 0.3) is 17.1 Å². The average Bonchev–Trinajstić information content (AvgIpc) is 3.36. The summed E-state index contributed by atoms with van der Waals surface area (Å²) in [5.41, 5.74) is 3.25. The van der Waals surface area contributed by atoms with Gasteiger partial charge in [0.2, 0.25) is 11.7 Å². The molecule has 0 radical (unpaired) electrons. The van der Waals surface area contributed by atoms with E-state index < -0.39 is 0 Å². The first-order valence-corrected chi connectivity index (χ1v) is 9.32. The fourth-order valence-corrected chi connectivity index (χ4v) is 3.30. The van der Waals surface area contributed by atoms with Gasteiger partial charge < -0.3 is 4.52 Å². The molecule has 2 aromatic carbocycles. The Morgan fingerprint density at radius 2 is 1.85 bits per heavy atom. The summed E-state index contributed by atoms with van der Waals surface area (Å²) in [4.78, 5) is 4.48. The molecule has 26 heavy (non-hydrogen) atoms. The van der Waals surface area contributed by atoms with E-state index in [0.717, 1.165) is 22.8 Å². The summed E-state index contributed by atoms with van der Waals surface area (Å²) < 4.78 is 7.32. The van der Waals surface area contributed by atoms with Gasteiger partial charge in [0.1, 0.15) is 6.33 Å². The Bertz CT molecular complexity index is 979. The molecule has 0 aliphatic heterocycles. The Balaban J connectivity index is 1.46. The normalized spacial score (nSPS) is 11.0. The van der Waals surface area contributed by atoms with Crippen molar-refractivity contribution in [2.75, 3.05) is 0 Å². The summed E-state index contributed by atoms with van der Waals surface area (Å²) in [6.07, 6.45) is 2.71. The Morgan fingerprint density at radius 3 is 2.62 bits per heavy atom. The van der Waals surface area contributed by atoms with Gasteiger partial charge in [-0.15, -0.1) is 10.2 Å². The van der Waals surface area contributed by atoms with E-state index in [1.807, 2.05) is 47.0 Å². The van der Waals surface area contributed by atoms with Crippen molar-refractivity contribution in [1.29, 1.82) is 0 Å². The number of hydrogen-bond acceptors (Lipinski definition) is 6. The van der Waals surface area contributed by atoms with Gasteiger partial charge in [-0.1, -0.05) is 66.3 Å². The van der Waals surface area contributed by atoms with E-state index in [4.69, 9.17) is 4.52 Å². The lowest BCUT2D eigenvalue weighted by Crippen LogP contribution is -1.95. The summed E-state index contributed by atoms with van der Waals surface area (Å²) in [6.45, 7) is 2.13. The molecule has 4 aromatic rings. The van der Waals surface area contributed by atoms with E-state index in [-0.39, 0.29) is 0 Å². The molecule has 0 fully saturated rings. The number of rotatable bonds is 6. The third-order valence-corrected chi connectivity index (χ3v) is 4.89. The summed E-state index contributed by atoms with van der Waals surface area (Å²) in [5, 5.41) is 13.0. The second kappa shape index (κ2) is 7.53. The van der Waals surface area contributed by atoms with E-state index in [2.05, 4.69) is 39.4 Å². The third-order valence-electron chi connectivity index (χ3n) is 3.96. The van der Waals surface area contributed by atoms with Crippen molar-refractivity contribution in [3.8, 4) is 17.1 Å². The zero-order valence-electron chi connectivity index (χ0n) is 14.2. The smallest absolute Gasteiger partial charge is 0.237 e. The number of hydrogen-bond donors (Lipinski definition) is 0. The van der Waals surface area contributed by atoms with Crippen molar-refractivity contribution in [2.24, 2.45) is 0 Å². The summed E-state index contributed by atoms with van der Waals surface area (Å²) in [5.74, 6) is 1.70. The number of nitrogens with zero attached hydrogens (tertiary/aromatic N) is 5. The molecular weight excluding hydrogens is 346 g/mol. The van der Waals surface area contributed by atoms with E-state index in [1.54, 1.807) is 6.33 Å². The highest BCUT2D eigenvalue weighted by Gasteiger charge is 2.12. The molecule has 0 unspecified atom stereocenters. The molecule has 0 bridgehead atoms. The fraction of sp³-hybridized carbons (Fsp3) is 0.158. The molecule has 6 nitrogen and oxygen atoms in total. The number of para-hydroxylation sites is 1. The van der Waals surface area contributed by atoms with Gasteiger partial charge >= 0.3 is 0 Å². The molecule has 4 rings (SSSR count). The monoisotopic (exact) mass is 363 g/mol. The van der Waals surface area contributed by atoms with Crippen LogP contribution in [0, 0.1) is 0 Å². The maximum atomic E-state index is 5.38. The molecule has 0 aliphatic carbocycles. The van der Waals surface area contributed by atoms with Crippen LogP contribution in [0.5, 0.6) is 0 Å². The van der Waals surface area contributed by atoms with Gasteiger partial charge in [0, 0.05) is 11.3 Å². The zero-order valence-corrected chi connectivity index (χ0v) is 15.1. The highest BCUT2D eigenvalue weighted by Crippen LogP contribution is 2.24. The van der Waals surface area contributed by atoms with Crippen LogP contribution in [0.4, 0.5) is 0 Å². The van der Waals surface area contributed by atoms with Gasteiger partial charge in [0.05, 0.1) is 5.75 Å². The second-order valence-electron chi connectivity index (χ2n) is 5.67. The van der Waals surface area contributed by atoms with E-state index >= 15 is 0 Å². The first-order valence-electron chi connectivity index (χ1n) is 8.33. The van der Waals surface area contributed by atoms with Crippen LogP contribution in [-0.4, -0.2) is 24.9 Å². The van der Waals surface area contributed by atoms with Crippen molar-refractivity contribution in [2.45, 2.75) is 24.3 Å². The predicted molar refractivity (Wildman–Crippen MR) is 100 cm³/mol. The maximum Gasteiger partial charge on any atom is 0.237 e. The molecule has 0 amide bonds. The number of thioether (sulfide) groups is 1. The van der Waals surface area contributed by atoms with Gasteiger partial charge in [-0.25, -0.2) is 0 Å². The third kappa shape index (κ3) is 3.52. The van der Waals surface area contributed by atoms with Crippen molar-refractivity contribution >= 4 is 11.8 Å². The topological polar surface area (TPSA) is 69.6 Å². The molecule has 7 heteroatoms. The molecular formula is C19H17N5OS. The van der Waals surface area contributed by atoms with Crippen molar-refractivity contribution in [1.82, 2.24) is 24.9 Å². The lowest BCUT2D eigenvalue weighted by molar-refractivity contribution is 0.391. The summed E-state index contributed by atoms with van der Waals surface area (Å²) >= 11 is 1.51. The summed E-state index contributed by atoms with van der Waals surface area (Å²) in [6, 6.07) is 18.2. The Morgan fingerprint density at radius 1 is 1.04 bits per heavy atom. The van der Waals surface area contributed by atoms with Crippen LogP contribution in [0.1, 0.15) is 18.4 Å². The number of aromatic nitrogens is 5. The SMILES string of the molecule is CCc1ccc(-c2noc(CSc3nncn3-c3ccccc3)n2)cc1. The van der Waals surface area contributed by atoms with Gasteiger partial charge in [0.25, 0.3) is 0 Å². The molecule has 0 saturated heterocycles. The molecule has 130 valence electrons. The average molecular weight is 363 g/mol. The Labute approximate surface area is 155 Å². The highest BCUT2D eigenvalue weighted by atomic mass is 32.2. The molecule has 2 aromatic heterocycles. The number of benzene rings is 2. The van der Waals surface area contributed by atoms with Gasteiger partial charge in [-0.3, -0.25) is 4.57 Å². The predicted octanol–water partition coefficient (Wildman–Crippen LogP) is 4.17. The summed E-state index contributed by atoms with van der Waals surface area (Å²) in [7, 11) is 0. The molecule has 2 heterocycles. The standard InChI is InChI=1S/C19H17N5OS/c1-2-14-8-10-15(11-9-14)18-21-17(25-23-18)12-26-19-22-20-13-24(19)16-6-4-3-5-7-16/h3-11,13H,2,12H2,1H3. The van der Waals surface area contributed by atoms with Gasteiger partial charge in [0.15, 0.2) is 5.16 Å². The zero-order chi connectivity index (χ0) is 17.8. The van der Waals surface area contributed by atoms with Crippen LogP contribution in [-0.2, 0) is 12.2 Å². The Kier molecular flexibility index (Phi) is 4.79. The number of aryl methyl sites for hydroxylation is 1. The lowest BCUT2D eigenvalue weighted by Gasteiger charge is -2.04. The minimum Gasteiger partial charge on any atom is -0.338 e. The van der Waals surface area contributed by atoms with Crippen LogP contribution in [0.15, 0.2) is 70.6 Å².